The van der Waals surface area contributed by atoms with Crippen molar-refractivity contribution in [2.75, 3.05) is 13.1 Å². The summed E-state index contributed by atoms with van der Waals surface area (Å²) in [6.07, 6.45) is 0.864. The predicted octanol–water partition coefficient (Wildman–Crippen LogP) is 2.22. The maximum atomic E-state index is 13.9. The van der Waals surface area contributed by atoms with Crippen LogP contribution in [0.4, 0.5) is 8.78 Å². The molecule has 0 aromatic heterocycles. The van der Waals surface area contributed by atoms with Gasteiger partial charge >= 0.3 is 0 Å². The number of halogens is 2. The van der Waals surface area contributed by atoms with E-state index >= 15 is 0 Å². The number of rotatable bonds is 3. The minimum absolute atomic E-state index is 0.306. The lowest BCUT2D eigenvalue weighted by Crippen LogP contribution is -2.48. The van der Waals surface area contributed by atoms with Crippen LogP contribution in [-0.2, 0) is 5.54 Å². The Bertz CT molecular complexity index is 487. The van der Waals surface area contributed by atoms with Crippen LogP contribution in [0.2, 0.25) is 0 Å². The molecule has 1 aromatic carbocycles. The molecule has 3 nitrogen and oxygen atoms in total. The summed E-state index contributed by atoms with van der Waals surface area (Å²) in [7, 11) is 0. The van der Waals surface area contributed by atoms with Crippen LogP contribution in [-0.4, -0.2) is 23.9 Å². The van der Waals surface area contributed by atoms with Crippen LogP contribution in [0, 0.1) is 11.6 Å². The summed E-state index contributed by atoms with van der Waals surface area (Å²) in [6.45, 7) is 4.86. The van der Waals surface area contributed by atoms with Gasteiger partial charge in [-0.15, -0.1) is 0 Å². The van der Waals surface area contributed by atoms with E-state index in [0.717, 1.165) is 12.5 Å². The summed E-state index contributed by atoms with van der Waals surface area (Å²) in [4.78, 5) is 6.01. The lowest BCUT2D eigenvalue weighted by atomic mass is 9.90. The topological polar surface area (TPSA) is 41.6 Å². The molecular weight excluding hydrogens is 236 g/mol. The zero-order chi connectivity index (χ0) is 13.3. The van der Waals surface area contributed by atoms with Crippen LogP contribution in [0.1, 0.15) is 25.8 Å². The van der Waals surface area contributed by atoms with E-state index in [1.807, 2.05) is 18.7 Å². The first kappa shape index (κ1) is 12.8. The van der Waals surface area contributed by atoms with Crippen molar-refractivity contribution < 1.29 is 8.78 Å². The molecule has 0 saturated heterocycles. The highest BCUT2D eigenvalue weighted by Crippen LogP contribution is 2.34. The average molecular weight is 253 g/mol. The van der Waals surface area contributed by atoms with Crippen molar-refractivity contribution in [3.8, 4) is 0 Å². The Labute approximate surface area is 105 Å². The van der Waals surface area contributed by atoms with E-state index in [9.17, 15) is 8.78 Å². The fraction of sp³-hybridized carbons (Fsp3) is 0.462. The lowest BCUT2D eigenvalue weighted by molar-refractivity contribution is 0.216. The van der Waals surface area contributed by atoms with E-state index in [1.54, 1.807) is 6.07 Å². The van der Waals surface area contributed by atoms with E-state index in [-0.39, 0.29) is 0 Å². The van der Waals surface area contributed by atoms with E-state index < -0.39 is 17.2 Å². The second-order valence-electron chi connectivity index (χ2n) is 4.70. The second-order valence-corrected chi connectivity index (χ2v) is 4.70. The minimum atomic E-state index is -0.837. The zero-order valence-electron chi connectivity index (χ0n) is 10.6. The number of guanidine groups is 1. The monoisotopic (exact) mass is 253 g/mol. The molecule has 0 aliphatic carbocycles. The molecule has 0 spiro atoms. The van der Waals surface area contributed by atoms with Gasteiger partial charge in [0.2, 0.25) is 0 Å². The van der Waals surface area contributed by atoms with Gasteiger partial charge in [0.15, 0.2) is 17.6 Å². The molecule has 5 heteroatoms. The van der Waals surface area contributed by atoms with Gasteiger partial charge in [-0.25, -0.2) is 8.78 Å². The van der Waals surface area contributed by atoms with Crippen molar-refractivity contribution in [2.24, 2.45) is 10.7 Å². The Kier molecular flexibility index (Phi) is 3.24. The molecule has 0 saturated carbocycles. The Balaban J connectivity index is 2.45. The molecule has 2 rings (SSSR count). The molecular formula is C13H17F2N3. The van der Waals surface area contributed by atoms with Crippen LogP contribution in [0.15, 0.2) is 23.2 Å². The summed E-state index contributed by atoms with van der Waals surface area (Å²) >= 11 is 0. The third kappa shape index (κ3) is 1.83. The summed E-state index contributed by atoms with van der Waals surface area (Å²) in [5.41, 5.74) is 5.43. The van der Waals surface area contributed by atoms with Crippen LogP contribution in [0.3, 0.4) is 0 Å². The highest BCUT2D eigenvalue weighted by molar-refractivity contribution is 5.81. The molecule has 2 N–H and O–H groups in total. The van der Waals surface area contributed by atoms with Gasteiger partial charge in [-0.3, -0.25) is 4.99 Å². The van der Waals surface area contributed by atoms with Gasteiger partial charge in [-0.05, 0) is 19.4 Å². The molecule has 1 heterocycles. The average Bonchev–Trinajstić information content (AvgIpc) is 2.62. The molecule has 18 heavy (non-hydrogen) atoms. The van der Waals surface area contributed by atoms with Crippen LogP contribution < -0.4 is 5.73 Å². The number of hydrogen-bond acceptors (Lipinski definition) is 3. The van der Waals surface area contributed by atoms with Gasteiger partial charge < -0.3 is 10.6 Å². The summed E-state index contributed by atoms with van der Waals surface area (Å²) in [6, 6.07) is 4.22. The number of nitrogens with two attached hydrogens (primary N) is 1. The van der Waals surface area contributed by atoms with Crippen molar-refractivity contribution in [3.05, 3.63) is 35.4 Å². The smallest absolute Gasteiger partial charge is 0.192 e. The van der Waals surface area contributed by atoms with Gasteiger partial charge in [0.25, 0.3) is 0 Å². The fourth-order valence-electron chi connectivity index (χ4n) is 2.39. The Hall–Kier alpha value is -1.65. The molecule has 1 aliphatic rings. The summed E-state index contributed by atoms with van der Waals surface area (Å²) in [5, 5.41) is 0. The largest absolute Gasteiger partial charge is 0.370 e. The predicted molar refractivity (Wildman–Crippen MR) is 67.2 cm³/mol. The molecule has 1 aromatic rings. The van der Waals surface area contributed by atoms with Gasteiger partial charge in [0.05, 0.1) is 12.1 Å². The second kappa shape index (κ2) is 4.55. The van der Waals surface area contributed by atoms with Crippen molar-refractivity contribution >= 4 is 5.96 Å². The SMILES string of the molecule is CCCN1C(N)=NCC1(C)c1cccc(F)c1F. The maximum absolute atomic E-state index is 13.9. The lowest BCUT2D eigenvalue weighted by Gasteiger charge is -2.36. The number of nitrogens with zero attached hydrogens (tertiary/aromatic N) is 2. The van der Waals surface area contributed by atoms with Crippen LogP contribution >= 0.6 is 0 Å². The van der Waals surface area contributed by atoms with Crippen molar-refractivity contribution in [1.29, 1.82) is 0 Å². The van der Waals surface area contributed by atoms with Gasteiger partial charge in [0, 0.05) is 12.1 Å². The normalized spacial score (nSPS) is 23.3. The maximum Gasteiger partial charge on any atom is 0.192 e. The summed E-state index contributed by atoms with van der Waals surface area (Å²) in [5.74, 6) is -1.26. The standard InChI is InChI=1S/C13H17F2N3/c1-3-7-18-12(16)17-8-13(18,2)9-5-4-6-10(14)11(9)15/h4-6H,3,7-8H2,1-2H3,(H2,16,17). The van der Waals surface area contributed by atoms with Gasteiger partial charge in [-0.1, -0.05) is 19.1 Å². The molecule has 98 valence electrons. The first-order valence-corrected chi connectivity index (χ1v) is 6.02. The quantitative estimate of drug-likeness (QED) is 0.897. The first-order chi connectivity index (χ1) is 8.50. The third-order valence-electron chi connectivity index (χ3n) is 3.40. The first-order valence-electron chi connectivity index (χ1n) is 6.02. The van der Waals surface area contributed by atoms with Gasteiger partial charge in [0.1, 0.15) is 0 Å². The van der Waals surface area contributed by atoms with Crippen molar-refractivity contribution in [2.45, 2.75) is 25.8 Å². The Morgan fingerprint density at radius 3 is 2.83 bits per heavy atom. The molecule has 0 amide bonds. The van der Waals surface area contributed by atoms with E-state index in [0.29, 0.717) is 24.6 Å². The van der Waals surface area contributed by atoms with E-state index in [1.165, 1.54) is 6.07 Å². The number of aliphatic imine (C=N–C) groups is 1. The molecule has 1 unspecified atom stereocenters. The van der Waals surface area contributed by atoms with Gasteiger partial charge in [-0.2, -0.15) is 0 Å². The molecule has 0 bridgehead atoms. The highest BCUT2D eigenvalue weighted by Gasteiger charge is 2.41. The molecule has 0 radical (unpaired) electrons. The zero-order valence-corrected chi connectivity index (χ0v) is 10.6. The summed E-state index contributed by atoms with van der Waals surface area (Å²) < 4.78 is 27.3. The van der Waals surface area contributed by atoms with E-state index in [2.05, 4.69) is 4.99 Å². The minimum Gasteiger partial charge on any atom is -0.370 e. The van der Waals surface area contributed by atoms with Crippen LogP contribution in [0.5, 0.6) is 0 Å². The Morgan fingerprint density at radius 2 is 2.17 bits per heavy atom. The Morgan fingerprint density at radius 1 is 1.44 bits per heavy atom. The van der Waals surface area contributed by atoms with Crippen molar-refractivity contribution in [1.82, 2.24) is 4.90 Å². The molecule has 1 atom stereocenters. The molecule has 1 aliphatic heterocycles. The third-order valence-corrected chi connectivity index (χ3v) is 3.40. The van der Waals surface area contributed by atoms with Crippen LogP contribution in [0.25, 0.3) is 0 Å². The van der Waals surface area contributed by atoms with Crippen molar-refractivity contribution in [3.63, 3.8) is 0 Å². The number of benzene rings is 1. The van der Waals surface area contributed by atoms with E-state index in [4.69, 9.17) is 5.73 Å². The molecule has 0 fully saturated rings. The highest BCUT2D eigenvalue weighted by atomic mass is 19.2. The number of hydrogen-bond donors (Lipinski definition) is 1. The fourth-order valence-corrected chi connectivity index (χ4v) is 2.39.